The van der Waals surface area contributed by atoms with E-state index < -0.39 is 0 Å². The van der Waals surface area contributed by atoms with Crippen LogP contribution in [0, 0.1) is 6.92 Å². The van der Waals surface area contributed by atoms with E-state index in [1.165, 1.54) is 0 Å². The first kappa shape index (κ1) is 16.5. The van der Waals surface area contributed by atoms with Crippen molar-refractivity contribution in [1.29, 1.82) is 0 Å². The summed E-state index contributed by atoms with van der Waals surface area (Å²) in [6.45, 7) is 4.41. The van der Waals surface area contributed by atoms with Gasteiger partial charge in [-0.2, -0.15) is 0 Å². The number of halogens is 1. The van der Waals surface area contributed by atoms with Crippen LogP contribution in [0.3, 0.4) is 0 Å². The van der Waals surface area contributed by atoms with Crippen molar-refractivity contribution in [3.05, 3.63) is 52.5 Å². The molecule has 0 bridgehead atoms. The summed E-state index contributed by atoms with van der Waals surface area (Å²) in [5.41, 5.74) is 2.77. The van der Waals surface area contributed by atoms with E-state index in [1.807, 2.05) is 50.2 Å². The number of fused-ring (bicyclic) bond motifs is 1. The second kappa shape index (κ2) is 7.01. The number of hydrogen-bond acceptors (Lipinski definition) is 4. The Morgan fingerprint density at radius 1 is 1.21 bits per heavy atom. The number of anilines is 1. The van der Waals surface area contributed by atoms with E-state index in [2.05, 4.69) is 10.6 Å². The molecule has 1 aliphatic rings. The second-order valence-electron chi connectivity index (χ2n) is 5.74. The van der Waals surface area contributed by atoms with Crippen LogP contribution in [0.5, 0.6) is 11.5 Å². The maximum atomic E-state index is 12.2. The van der Waals surface area contributed by atoms with E-state index in [1.54, 1.807) is 0 Å². The van der Waals surface area contributed by atoms with Crippen LogP contribution in [0.4, 0.5) is 5.69 Å². The van der Waals surface area contributed by atoms with Gasteiger partial charge >= 0.3 is 0 Å². The van der Waals surface area contributed by atoms with Gasteiger partial charge in [-0.05, 0) is 49.2 Å². The molecule has 5 nitrogen and oxygen atoms in total. The molecule has 1 aliphatic heterocycles. The molecule has 3 rings (SSSR count). The minimum absolute atomic E-state index is 0.0932. The lowest BCUT2D eigenvalue weighted by Crippen LogP contribution is -2.37. The Morgan fingerprint density at radius 3 is 2.79 bits per heavy atom. The normalized spacial score (nSPS) is 13.5. The van der Waals surface area contributed by atoms with E-state index in [9.17, 15) is 4.79 Å². The van der Waals surface area contributed by atoms with Crippen LogP contribution in [0.25, 0.3) is 0 Å². The van der Waals surface area contributed by atoms with Gasteiger partial charge in [0.1, 0.15) is 6.04 Å². The van der Waals surface area contributed by atoms with Crippen LogP contribution in [0.1, 0.15) is 18.1 Å². The van der Waals surface area contributed by atoms with E-state index in [-0.39, 0.29) is 18.7 Å². The number of carbonyl (C=O) groups is 1. The SMILES string of the molecule is Cc1ccc(NC(C)C(=O)NCc2ccc3c(c2)OCO3)cc1Cl. The zero-order valence-corrected chi connectivity index (χ0v) is 14.3. The van der Waals surface area contributed by atoms with E-state index in [0.29, 0.717) is 17.3 Å². The topological polar surface area (TPSA) is 59.6 Å². The highest BCUT2D eigenvalue weighted by atomic mass is 35.5. The Kier molecular flexibility index (Phi) is 4.81. The van der Waals surface area contributed by atoms with Gasteiger partial charge in [-0.15, -0.1) is 0 Å². The van der Waals surface area contributed by atoms with Gasteiger partial charge in [0.15, 0.2) is 11.5 Å². The highest BCUT2D eigenvalue weighted by Gasteiger charge is 2.15. The third kappa shape index (κ3) is 3.74. The van der Waals surface area contributed by atoms with Crippen molar-refractivity contribution in [3.63, 3.8) is 0 Å². The Bertz CT molecular complexity index is 764. The van der Waals surface area contributed by atoms with Gasteiger partial charge in [-0.25, -0.2) is 0 Å². The van der Waals surface area contributed by atoms with Gasteiger partial charge < -0.3 is 20.1 Å². The smallest absolute Gasteiger partial charge is 0.242 e. The van der Waals surface area contributed by atoms with E-state index >= 15 is 0 Å². The fourth-order valence-corrected chi connectivity index (χ4v) is 2.57. The lowest BCUT2D eigenvalue weighted by molar-refractivity contribution is -0.121. The van der Waals surface area contributed by atoms with Gasteiger partial charge in [-0.1, -0.05) is 23.7 Å². The third-order valence-corrected chi connectivity index (χ3v) is 4.26. The van der Waals surface area contributed by atoms with Crippen molar-refractivity contribution in [2.75, 3.05) is 12.1 Å². The average Bonchev–Trinajstić information content (AvgIpc) is 3.03. The summed E-state index contributed by atoms with van der Waals surface area (Å²) in [5.74, 6) is 1.35. The fraction of sp³-hybridized carbons (Fsp3) is 0.278. The first-order chi connectivity index (χ1) is 11.5. The average molecular weight is 347 g/mol. The molecule has 1 amide bonds. The van der Waals surface area contributed by atoms with Gasteiger partial charge in [0.25, 0.3) is 0 Å². The molecule has 126 valence electrons. The van der Waals surface area contributed by atoms with E-state index in [4.69, 9.17) is 21.1 Å². The lowest BCUT2D eigenvalue weighted by atomic mass is 10.2. The highest BCUT2D eigenvalue weighted by Crippen LogP contribution is 2.32. The molecule has 1 heterocycles. The molecule has 0 spiro atoms. The van der Waals surface area contributed by atoms with Gasteiger partial charge in [0, 0.05) is 17.3 Å². The molecule has 0 radical (unpaired) electrons. The molecule has 2 aromatic rings. The highest BCUT2D eigenvalue weighted by molar-refractivity contribution is 6.31. The third-order valence-electron chi connectivity index (χ3n) is 3.85. The molecular weight excluding hydrogens is 328 g/mol. The first-order valence-corrected chi connectivity index (χ1v) is 8.09. The number of rotatable bonds is 5. The van der Waals surface area contributed by atoms with Crippen LogP contribution in [0.15, 0.2) is 36.4 Å². The molecule has 6 heteroatoms. The maximum Gasteiger partial charge on any atom is 0.242 e. The number of amides is 1. The molecule has 0 fully saturated rings. The van der Waals surface area contributed by atoms with Crippen molar-refractivity contribution in [2.45, 2.75) is 26.4 Å². The molecule has 2 N–H and O–H groups in total. The summed E-state index contributed by atoms with van der Waals surface area (Å²) in [7, 11) is 0. The summed E-state index contributed by atoms with van der Waals surface area (Å²) in [6, 6.07) is 10.9. The van der Waals surface area contributed by atoms with Crippen molar-refractivity contribution >= 4 is 23.2 Å². The van der Waals surface area contributed by atoms with Gasteiger partial charge in [-0.3, -0.25) is 4.79 Å². The number of aryl methyl sites for hydroxylation is 1. The Labute approximate surface area is 145 Å². The zero-order valence-electron chi connectivity index (χ0n) is 13.6. The first-order valence-electron chi connectivity index (χ1n) is 7.72. The van der Waals surface area contributed by atoms with Crippen molar-refractivity contribution in [3.8, 4) is 11.5 Å². The predicted molar refractivity (Wildman–Crippen MR) is 93.7 cm³/mol. The largest absolute Gasteiger partial charge is 0.454 e. The predicted octanol–water partition coefficient (Wildman–Crippen LogP) is 3.49. The van der Waals surface area contributed by atoms with Crippen molar-refractivity contribution in [1.82, 2.24) is 5.32 Å². The summed E-state index contributed by atoms with van der Waals surface area (Å²) < 4.78 is 10.6. The number of nitrogens with one attached hydrogen (secondary N) is 2. The Balaban J connectivity index is 1.55. The lowest BCUT2D eigenvalue weighted by Gasteiger charge is -2.16. The quantitative estimate of drug-likeness (QED) is 0.870. The summed E-state index contributed by atoms with van der Waals surface area (Å²) in [4.78, 5) is 12.2. The van der Waals surface area contributed by atoms with Crippen LogP contribution in [0.2, 0.25) is 5.02 Å². The maximum absolute atomic E-state index is 12.2. The van der Waals surface area contributed by atoms with Crippen molar-refractivity contribution < 1.29 is 14.3 Å². The summed E-state index contributed by atoms with van der Waals surface area (Å²) >= 11 is 6.10. The molecule has 24 heavy (non-hydrogen) atoms. The van der Waals surface area contributed by atoms with Crippen LogP contribution >= 0.6 is 11.6 Å². The van der Waals surface area contributed by atoms with Crippen LogP contribution < -0.4 is 20.1 Å². The molecule has 0 aliphatic carbocycles. The molecule has 1 unspecified atom stereocenters. The Morgan fingerprint density at radius 2 is 2.00 bits per heavy atom. The number of benzene rings is 2. The van der Waals surface area contributed by atoms with Crippen LogP contribution in [-0.4, -0.2) is 18.7 Å². The van der Waals surface area contributed by atoms with Crippen LogP contribution in [-0.2, 0) is 11.3 Å². The van der Waals surface area contributed by atoms with Gasteiger partial charge in [0.2, 0.25) is 12.7 Å². The molecule has 0 aromatic heterocycles. The van der Waals surface area contributed by atoms with Gasteiger partial charge in [0.05, 0.1) is 0 Å². The Hall–Kier alpha value is -2.40. The van der Waals surface area contributed by atoms with E-state index in [0.717, 1.165) is 22.6 Å². The van der Waals surface area contributed by atoms with Crippen molar-refractivity contribution in [2.24, 2.45) is 0 Å². The standard InChI is InChI=1S/C18H19ClN2O3/c1-11-3-5-14(8-15(11)19)21-12(2)18(22)20-9-13-4-6-16-17(7-13)24-10-23-16/h3-8,12,21H,9-10H2,1-2H3,(H,20,22). The summed E-state index contributed by atoms with van der Waals surface area (Å²) in [5, 5.41) is 6.73. The monoisotopic (exact) mass is 346 g/mol. The molecule has 0 saturated heterocycles. The number of carbonyl (C=O) groups excluding carboxylic acids is 1. The fourth-order valence-electron chi connectivity index (χ4n) is 2.39. The molecule has 1 atom stereocenters. The minimum atomic E-state index is -0.377. The summed E-state index contributed by atoms with van der Waals surface area (Å²) in [6.07, 6.45) is 0. The number of hydrogen-bond donors (Lipinski definition) is 2. The molecule has 2 aromatic carbocycles. The molecule has 0 saturated carbocycles. The second-order valence-corrected chi connectivity index (χ2v) is 6.14. The molecular formula is C18H19ClN2O3. The number of ether oxygens (including phenoxy) is 2. The minimum Gasteiger partial charge on any atom is -0.454 e. The zero-order chi connectivity index (χ0) is 17.1.